The molecule has 0 saturated carbocycles. The number of carbonyl (C=O) groups excluding carboxylic acids is 2. The minimum atomic E-state index is -0.815. The normalized spacial score (nSPS) is 13.9. The summed E-state index contributed by atoms with van der Waals surface area (Å²) in [6, 6.07) is -0.737. The molecule has 0 bridgehead atoms. The van der Waals surface area contributed by atoms with E-state index in [0.717, 1.165) is 44.9 Å². The van der Waals surface area contributed by atoms with Gasteiger partial charge in [0.1, 0.15) is 6.10 Å². The Morgan fingerprint density at radius 3 is 1.41 bits per heavy atom. The van der Waals surface area contributed by atoms with E-state index in [-0.39, 0.29) is 24.9 Å². The van der Waals surface area contributed by atoms with Crippen LogP contribution in [0.4, 0.5) is 0 Å². The molecule has 0 radical (unpaired) electrons. The summed E-state index contributed by atoms with van der Waals surface area (Å²) >= 11 is 0. The lowest BCUT2D eigenvalue weighted by molar-refractivity contribution is -0.150. The second-order valence-electron chi connectivity index (χ2n) is 15.2. The molecule has 0 aromatic heterocycles. The number of nitrogens with one attached hydrogen (secondary N) is 1. The van der Waals surface area contributed by atoms with Crippen LogP contribution in [0.2, 0.25) is 0 Å². The molecule has 0 rings (SSSR count). The van der Waals surface area contributed by atoms with Gasteiger partial charge in [0.2, 0.25) is 5.91 Å². The highest BCUT2D eigenvalue weighted by molar-refractivity contribution is 5.77. The van der Waals surface area contributed by atoms with Gasteiger partial charge in [0, 0.05) is 12.8 Å². The summed E-state index contributed by atoms with van der Waals surface area (Å²) in [6.07, 6.45) is 50.2. The molecule has 6 nitrogen and oxygen atoms in total. The van der Waals surface area contributed by atoms with Crippen molar-refractivity contribution < 1.29 is 24.5 Å². The van der Waals surface area contributed by atoms with Crippen molar-refractivity contribution >= 4 is 11.9 Å². The molecule has 0 spiro atoms. The Hall–Kier alpha value is -2.44. The molecule has 0 aliphatic heterocycles. The fourth-order valence-electron chi connectivity index (χ4n) is 6.57. The predicted molar refractivity (Wildman–Crippen MR) is 232 cm³/mol. The van der Waals surface area contributed by atoms with Crippen LogP contribution in [0.3, 0.4) is 0 Å². The van der Waals surface area contributed by atoms with Crippen molar-refractivity contribution in [3.63, 3.8) is 0 Å². The van der Waals surface area contributed by atoms with E-state index in [2.05, 4.69) is 32.2 Å². The van der Waals surface area contributed by atoms with Crippen LogP contribution in [-0.2, 0) is 14.3 Å². The molecule has 3 unspecified atom stereocenters. The van der Waals surface area contributed by atoms with Crippen LogP contribution in [-0.4, -0.2) is 46.9 Å². The van der Waals surface area contributed by atoms with Crippen molar-refractivity contribution in [1.82, 2.24) is 5.32 Å². The summed E-state index contributed by atoms with van der Waals surface area (Å²) in [5, 5.41) is 23.6. The highest BCUT2D eigenvalue weighted by atomic mass is 16.5. The van der Waals surface area contributed by atoms with Gasteiger partial charge in [-0.05, 0) is 19.3 Å². The summed E-state index contributed by atoms with van der Waals surface area (Å²) in [4.78, 5) is 25.9. The first-order valence-corrected chi connectivity index (χ1v) is 22.6. The standard InChI is InChI=1S/C48H85NO5/c1-4-7-10-13-16-19-22-25-28-31-34-37-40-46(51)45(43-50)49-47(52)42-44(39-36-33-30-27-24-21-18-15-12-9-6-3)54-48(53)41-38-35-32-29-26-23-20-17-14-11-8-5-2/h9,12,15,18,21,24,27,30,33,36,44-46,50-51H,4-8,10-11,13-14,16-17,19-20,22-23,25-26,28-29,31-32,34-35,37-43H2,1-3H3,(H,49,52)/b12-9+,18-15+,24-21-,30-27-,36-33+. The summed E-state index contributed by atoms with van der Waals surface area (Å²) in [7, 11) is 0. The van der Waals surface area contributed by atoms with Crippen LogP contribution in [0.1, 0.15) is 207 Å². The van der Waals surface area contributed by atoms with Gasteiger partial charge in [-0.15, -0.1) is 0 Å². The smallest absolute Gasteiger partial charge is 0.306 e. The average Bonchev–Trinajstić information content (AvgIpc) is 3.16. The van der Waals surface area contributed by atoms with E-state index in [1.807, 2.05) is 54.7 Å². The maximum Gasteiger partial charge on any atom is 0.306 e. The molecule has 0 heterocycles. The Labute approximate surface area is 333 Å². The average molecular weight is 756 g/mol. The number of unbranched alkanes of at least 4 members (excludes halogenated alkanes) is 22. The molecule has 54 heavy (non-hydrogen) atoms. The Bertz CT molecular complexity index is 984. The topological polar surface area (TPSA) is 95.9 Å². The van der Waals surface area contributed by atoms with E-state index in [9.17, 15) is 19.8 Å². The molecule has 0 aliphatic carbocycles. The summed E-state index contributed by atoms with van der Waals surface area (Å²) in [6.45, 7) is 6.27. The van der Waals surface area contributed by atoms with Crippen LogP contribution < -0.4 is 5.32 Å². The first kappa shape index (κ1) is 51.6. The van der Waals surface area contributed by atoms with Gasteiger partial charge in [-0.2, -0.15) is 0 Å². The Kier molecular flexibility index (Phi) is 39.8. The van der Waals surface area contributed by atoms with Gasteiger partial charge in [-0.3, -0.25) is 9.59 Å². The Morgan fingerprint density at radius 1 is 0.556 bits per heavy atom. The molecule has 0 saturated heterocycles. The van der Waals surface area contributed by atoms with E-state index in [4.69, 9.17) is 4.74 Å². The van der Waals surface area contributed by atoms with Crippen molar-refractivity contribution in [2.45, 2.75) is 225 Å². The molecule has 0 aromatic rings. The first-order valence-electron chi connectivity index (χ1n) is 22.6. The second-order valence-corrected chi connectivity index (χ2v) is 15.2. The largest absolute Gasteiger partial charge is 0.461 e. The summed E-state index contributed by atoms with van der Waals surface area (Å²) in [5.74, 6) is -0.608. The summed E-state index contributed by atoms with van der Waals surface area (Å²) in [5.41, 5.74) is 0. The number of hydrogen-bond acceptors (Lipinski definition) is 5. The number of carbonyl (C=O) groups is 2. The minimum absolute atomic E-state index is 0.0178. The van der Waals surface area contributed by atoms with Crippen molar-refractivity contribution in [3.8, 4) is 0 Å². The number of ether oxygens (including phenoxy) is 1. The van der Waals surface area contributed by atoms with Crippen molar-refractivity contribution in [3.05, 3.63) is 60.8 Å². The lowest BCUT2D eigenvalue weighted by atomic mass is 10.0. The third-order valence-corrected chi connectivity index (χ3v) is 9.99. The maximum absolute atomic E-state index is 13.1. The van der Waals surface area contributed by atoms with Gasteiger partial charge in [0.05, 0.1) is 25.2 Å². The molecular formula is C48H85NO5. The van der Waals surface area contributed by atoms with Gasteiger partial charge in [0.25, 0.3) is 0 Å². The molecule has 0 fully saturated rings. The maximum atomic E-state index is 13.1. The number of amides is 1. The lowest BCUT2D eigenvalue weighted by Gasteiger charge is -2.24. The van der Waals surface area contributed by atoms with Gasteiger partial charge < -0.3 is 20.3 Å². The van der Waals surface area contributed by atoms with Crippen LogP contribution in [0.25, 0.3) is 0 Å². The monoisotopic (exact) mass is 756 g/mol. The van der Waals surface area contributed by atoms with E-state index in [1.54, 1.807) is 0 Å². The van der Waals surface area contributed by atoms with Crippen molar-refractivity contribution in [2.24, 2.45) is 0 Å². The molecule has 3 N–H and O–H groups in total. The fraction of sp³-hybridized carbons (Fsp3) is 0.750. The van der Waals surface area contributed by atoms with Gasteiger partial charge in [-0.25, -0.2) is 0 Å². The van der Waals surface area contributed by atoms with Crippen molar-refractivity contribution in [1.29, 1.82) is 0 Å². The minimum Gasteiger partial charge on any atom is -0.461 e. The zero-order valence-electron chi connectivity index (χ0n) is 35.3. The highest BCUT2D eigenvalue weighted by Gasteiger charge is 2.23. The highest BCUT2D eigenvalue weighted by Crippen LogP contribution is 2.16. The number of allylic oxidation sites excluding steroid dienone is 9. The van der Waals surface area contributed by atoms with Crippen LogP contribution in [0.5, 0.6) is 0 Å². The van der Waals surface area contributed by atoms with Gasteiger partial charge in [-0.1, -0.05) is 229 Å². The van der Waals surface area contributed by atoms with E-state index >= 15 is 0 Å². The molecule has 6 heteroatoms. The molecular weight excluding hydrogens is 671 g/mol. The lowest BCUT2D eigenvalue weighted by Crippen LogP contribution is -2.46. The first-order chi connectivity index (χ1) is 26.5. The number of hydrogen-bond donors (Lipinski definition) is 3. The fourth-order valence-corrected chi connectivity index (χ4v) is 6.57. The zero-order chi connectivity index (χ0) is 39.6. The number of rotatable bonds is 39. The van der Waals surface area contributed by atoms with E-state index in [0.29, 0.717) is 19.3 Å². The Morgan fingerprint density at radius 2 is 0.963 bits per heavy atom. The van der Waals surface area contributed by atoms with E-state index < -0.39 is 18.2 Å². The van der Waals surface area contributed by atoms with Crippen molar-refractivity contribution in [2.75, 3.05) is 6.61 Å². The molecule has 0 aromatic carbocycles. The van der Waals surface area contributed by atoms with Gasteiger partial charge in [0.15, 0.2) is 0 Å². The SMILES string of the molecule is CC/C=C/C=C/C=C\C=C/C=C/CC(CC(=O)NC(CO)C(O)CCCCCCCCCCCCCC)OC(=O)CCCCCCCCCCCCCC. The molecule has 3 atom stereocenters. The van der Waals surface area contributed by atoms with E-state index in [1.165, 1.54) is 116 Å². The quantitative estimate of drug-likeness (QED) is 0.0330. The third kappa shape index (κ3) is 36.5. The molecule has 312 valence electrons. The van der Waals surface area contributed by atoms with Crippen LogP contribution in [0, 0.1) is 0 Å². The molecule has 1 amide bonds. The number of aliphatic hydroxyl groups excluding tert-OH is 2. The van der Waals surface area contributed by atoms with Crippen LogP contribution in [0.15, 0.2) is 60.8 Å². The van der Waals surface area contributed by atoms with Gasteiger partial charge >= 0.3 is 5.97 Å². The Balaban J connectivity index is 4.72. The number of aliphatic hydroxyl groups is 2. The number of esters is 1. The zero-order valence-corrected chi connectivity index (χ0v) is 35.3. The summed E-state index contributed by atoms with van der Waals surface area (Å²) < 4.78 is 5.81. The predicted octanol–water partition coefficient (Wildman–Crippen LogP) is 12.9. The molecule has 0 aliphatic rings. The second kappa shape index (κ2) is 41.7. The van der Waals surface area contributed by atoms with Crippen LogP contribution >= 0.6 is 0 Å². The third-order valence-electron chi connectivity index (χ3n) is 9.99.